The summed E-state index contributed by atoms with van der Waals surface area (Å²) < 4.78 is 32.0. The topological polar surface area (TPSA) is 51.2 Å². The Bertz CT molecular complexity index is 1000. The number of carbonyl (C=O) groups is 1. The summed E-state index contributed by atoms with van der Waals surface area (Å²) in [5.74, 6) is -0.737. The monoisotopic (exact) mass is 400 g/mol. The molecular weight excluding hydrogens is 382 g/mol. The summed E-state index contributed by atoms with van der Waals surface area (Å²) in [6, 6.07) is 11.0. The third kappa shape index (κ3) is 4.54. The Balaban J connectivity index is 1.41. The molecule has 1 amide bonds. The van der Waals surface area contributed by atoms with Gasteiger partial charge in [0.1, 0.15) is 23.1 Å². The van der Waals surface area contributed by atoms with Crippen molar-refractivity contribution in [3.8, 4) is 16.3 Å². The molecule has 7 heteroatoms. The number of thiazole rings is 1. The van der Waals surface area contributed by atoms with Crippen molar-refractivity contribution in [1.29, 1.82) is 0 Å². The minimum atomic E-state index is -0.898. The van der Waals surface area contributed by atoms with Crippen LogP contribution in [0.5, 0.6) is 5.75 Å². The average molecular weight is 400 g/mol. The molecule has 0 bridgehead atoms. The van der Waals surface area contributed by atoms with Gasteiger partial charge in [0.15, 0.2) is 11.6 Å². The van der Waals surface area contributed by atoms with Crippen LogP contribution in [0, 0.1) is 17.6 Å². The lowest BCUT2D eigenvalue weighted by Gasteiger charge is -2.08. The summed E-state index contributed by atoms with van der Waals surface area (Å²) >= 11 is 1.39. The summed E-state index contributed by atoms with van der Waals surface area (Å²) in [6.07, 6.45) is 2.36. The first kappa shape index (κ1) is 18.6. The molecule has 4 nitrogen and oxygen atoms in total. The quantitative estimate of drug-likeness (QED) is 0.619. The van der Waals surface area contributed by atoms with Gasteiger partial charge in [-0.05, 0) is 48.6 Å². The zero-order valence-electron chi connectivity index (χ0n) is 15.0. The number of rotatable bonds is 7. The lowest BCUT2D eigenvalue weighted by atomic mass is 10.2. The van der Waals surface area contributed by atoms with Gasteiger partial charge in [-0.15, -0.1) is 11.3 Å². The van der Waals surface area contributed by atoms with Gasteiger partial charge < -0.3 is 10.1 Å². The van der Waals surface area contributed by atoms with Gasteiger partial charge in [-0.25, -0.2) is 13.8 Å². The number of hydrogen-bond donors (Lipinski definition) is 1. The molecule has 1 aromatic heterocycles. The molecule has 28 heavy (non-hydrogen) atoms. The van der Waals surface area contributed by atoms with Crippen molar-refractivity contribution in [1.82, 2.24) is 10.3 Å². The largest absolute Gasteiger partial charge is 0.489 e. The SMILES string of the molecule is O=C(NCC1CC1)c1csc(-c2cccc(OCc3ccc(F)c(F)c3)c2)n1. The highest BCUT2D eigenvalue weighted by Crippen LogP contribution is 2.29. The van der Waals surface area contributed by atoms with E-state index < -0.39 is 11.6 Å². The number of amides is 1. The maximum atomic E-state index is 13.3. The predicted molar refractivity (Wildman–Crippen MR) is 103 cm³/mol. The maximum Gasteiger partial charge on any atom is 0.270 e. The standard InChI is InChI=1S/C21H18F2N2O2S/c22-17-7-6-14(8-18(17)23)11-27-16-3-1-2-15(9-16)21-25-19(12-28-21)20(26)24-10-13-4-5-13/h1-3,6-9,12-13H,4-5,10-11H2,(H,24,26). The van der Waals surface area contributed by atoms with E-state index in [2.05, 4.69) is 10.3 Å². The van der Waals surface area contributed by atoms with E-state index in [-0.39, 0.29) is 12.5 Å². The molecule has 2 aromatic carbocycles. The molecule has 1 aliphatic carbocycles. The Morgan fingerprint density at radius 3 is 2.82 bits per heavy atom. The van der Waals surface area contributed by atoms with Crippen molar-refractivity contribution in [2.45, 2.75) is 19.4 Å². The average Bonchev–Trinajstić information content (AvgIpc) is 3.40. The first-order chi connectivity index (χ1) is 13.6. The van der Waals surface area contributed by atoms with Crippen LogP contribution in [0.1, 0.15) is 28.9 Å². The summed E-state index contributed by atoms with van der Waals surface area (Å²) in [5, 5.41) is 5.37. The Kier molecular flexibility index (Phi) is 5.34. The molecule has 1 heterocycles. The van der Waals surface area contributed by atoms with E-state index in [1.165, 1.54) is 30.2 Å². The van der Waals surface area contributed by atoms with Gasteiger partial charge in [0, 0.05) is 17.5 Å². The molecule has 0 saturated heterocycles. The number of hydrogen-bond acceptors (Lipinski definition) is 4. The van der Waals surface area contributed by atoms with Crippen LogP contribution in [0.3, 0.4) is 0 Å². The van der Waals surface area contributed by atoms with Crippen LogP contribution >= 0.6 is 11.3 Å². The Morgan fingerprint density at radius 2 is 2.04 bits per heavy atom. The van der Waals surface area contributed by atoms with Gasteiger partial charge in [0.2, 0.25) is 0 Å². The Morgan fingerprint density at radius 1 is 1.18 bits per heavy atom. The van der Waals surface area contributed by atoms with Gasteiger partial charge in [-0.1, -0.05) is 18.2 Å². The minimum Gasteiger partial charge on any atom is -0.489 e. The maximum absolute atomic E-state index is 13.3. The van der Waals surface area contributed by atoms with Crippen LogP contribution in [0.25, 0.3) is 10.6 Å². The van der Waals surface area contributed by atoms with E-state index in [0.29, 0.717) is 29.5 Å². The fourth-order valence-electron chi connectivity index (χ4n) is 2.68. The molecule has 1 N–H and O–H groups in total. The summed E-state index contributed by atoms with van der Waals surface area (Å²) in [6.45, 7) is 0.826. The molecule has 0 unspecified atom stereocenters. The van der Waals surface area contributed by atoms with Crippen LogP contribution in [0.4, 0.5) is 8.78 Å². The highest BCUT2D eigenvalue weighted by Gasteiger charge is 2.22. The first-order valence-electron chi connectivity index (χ1n) is 8.99. The van der Waals surface area contributed by atoms with Gasteiger partial charge in [-0.3, -0.25) is 4.79 Å². The fourth-order valence-corrected chi connectivity index (χ4v) is 3.47. The van der Waals surface area contributed by atoms with Crippen LogP contribution < -0.4 is 10.1 Å². The van der Waals surface area contributed by atoms with Gasteiger partial charge >= 0.3 is 0 Å². The molecule has 3 aromatic rings. The lowest BCUT2D eigenvalue weighted by Crippen LogP contribution is -2.25. The molecule has 4 rings (SSSR count). The van der Waals surface area contributed by atoms with Gasteiger partial charge in [0.25, 0.3) is 5.91 Å². The van der Waals surface area contributed by atoms with Crippen molar-refractivity contribution >= 4 is 17.2 Å². The van der Waals surface area contributed by atoms with Crippen molar-refractivity contribution in [2.24, 2.45) is 5.92 Å². The number of nitrogens with one attached hydrogen (secondary N) is 1. The molecule has 144 valence electrons. The van der Waals surface area contributed by atoms with Crippen LogP contribution in [0.2, 0.25) is 0 Å². The Hall–Kier alpha value is -2.80. The second-order valence-corrected chi connectivity index (χ2v) is 7.61. The third-order valence-corrected chi connectivity index (χ3v) is 5.35. The first-order valence-corrected chi connectivity index (χ1v) is 9.87. The normalized spacial score (nSPS) is 13.4. The van der Waals surface area contributed by atoms with E-state index in [4.69, 9.17) is 4.74 Å². The number of benzene rings is 2. The number of aromatic nitrogens is 1. The van der Waals surface area contributed by atoms with Crippen LogP contribution in [-0.4, -0.2) is 17.4 Å². The molecule has 1 saturated carbocycles. The summed E-state index contributed by atoms with van der Waals surface area (Å²) in [7, 11) is 0. The lowest BCUT2D eigenvalue weighted by molar-refractivity contribution is 0.0947. The summed E-state index contributed by atoms with van der Waals surface area (Å²) in [5.41, 5.74) is 1.77. The zero-order chi connectivity index (χ0) is 19.5. The highest BCUT2D eigenvalue weighted by molar-refractivity contribution is 7.13. The molecule has 1 aliphatic rings. The van der Waals surface area contributed by atoms with E-state index in [9.17, 15) is 13.6 Å². The number of ether oxygens (including phenoxy) is 1. The molecule has 0 radical (unpaired) electrons. The summed E-state index contributed by atoms with van der Waals surface area (Å²) in [4.78, 5) is 16.6. The van der Waals surface area contributed by atoms with E-state index >= 15 is 0 Å². The third-order valence-electron chi connectivity index (χ3n) is 4.46. The number of carbonyl (C=O) groups excluding carboxylic acids is 1. The second-order valence-electron chi connectivity index (χ2n) is 6.76. The zero-order valence-corrected chi connectivity index (χ0v) is 15.8. The molecule has 0 aliphatic heterocycles. The Labute approximate surface area is 165 Å². The molecule has 1 fully saturated rings. The van der Waals surface area contributed by atoms with E-state index in [0.717, 1.165) is 22.7 Å². The van der Waals surface area contributed by atoms with Crippen LogP contribution in [0.15, 0.2) is 47.8 Å². The molecule has 0 spiro atoms. The van der Waals surface area contributed by atoms with Crippen LogP contribution in [-0.2, 0) is 6.61 Å². The smallest absolute Gasteiger partial charge is 0.270 e. The van der Waals surface area contributed by atoms with Crippen molar-refractivity contribution < 1.29 is 18.3 Å². The fraction of sp³-hybridized carbons (Fsp3) is 0.238. The molecular formula is C21H18F2N2O2S. The van der Waals surface area contributed by atoms with Crippen molar-refractivity contribution in [3.05, 3.63) is 70.7 Å². The predicted octanol–water partition coefficient (Wildman–Crippen LogP) is 4.81. The molecule has 0 atom stereocenters. The van der Waals surface area contributed by atoms with Crippen molar-refractivity contribution in [3.63, 3.8) is 0 Å². The van der Waals surface area contributed by atoms with E-state index in [1.807, 2.05) is 18.2 Å². The minimum absolute atomic E-state index is 0.118. The number of nitrogens with zero attached hydrogens (tertiary/aromatic N) is 1. The van der Waals surface area contributed by atoms with Gasteiger partial charge in [-0.2, -0.15) is 0 Å². The highest BCUT2D eigenvalue weighted by atomic mass is 32.1. The van der Waals surface area contributed by atoms with Gasteiger partial charge in [0.05, 0.1) is 0 Å². The van der Waals surface area contributed by atoms with Crippen molar-refractivity contribution in [2.75, 3.05) is 6.54 Å². The second kappa shape index (κ2) is 8.06. The number of halogens is 2. The van der Waals surface area contributed by atoms with E-state index in [1.54, 1.807) is 11.4 Å².